The van der Waals surface area contributed by atoms with Gasteiger partial charge in [-0.1, -0.05) is 12.1 Å². The minimum Gasteiger partial charge on any atom is -0.347 e. The van der Waals surface area contributed by atoms with Crippen LogP contribution < -0.4 is 5.32 Å². The Bertz CT molecular complexity index is 721. The van der Waals surface area contributed by atoms with E-state index in [4.69, 9.17) is 0 Å². The van der Waals surface area contributed by atoms with Crippen molar-refractivity contribution in [2.75, 3.05) is 19.6 Å². The first kappa shape index (κ1) is 14.8. The monoisotopic (exact) mass is 330 g/mol. The lowest BCUT2D eigenvalue weighted by atomic mass is 9.84. The predicted molar refractivity (Wildman–Crippen MR) is 90.1 cm³/mol. The fraction of sp³-hybridized carbons (Fsp3) is 0.389. The van der Waals surface area contributed by atoms with E-state index in [0.29, 0.717) is 10.8 Å². The Kier molecular flexibility index (Phi) is 3.91. The van der Waals surface area contributed by atoms with Crippen LogP contribution in [0.4, 0.5) is 4.39 Å². The van der Waals surface area contributed by atoms with E-state index in [9.17, 15) is 9.18 Å². The van der Waals surface area contributed by atoms with Crippen LogP contribution in [0.2, 0.25) is 0 Å². The highest BCUT2D eigenvalue weighted by atomic mass is 32.1. The Morgan fingerprint density at radius 1 is 1.22 bits per heavy atom. The molecule has 1 amide bonds. The van der Waals surface area contributed by atoms with E-state index in [1.807, 2.05) is 18.2 Å². The van der Waals surface area contributed by atoms with Crippen molar-refractivity contribution in [3.05, 3.63) is 47.1 Å². The van der Waals surface area contributed by atoms with Gasteiger partial charge in [0.25, 0.3) is 5.91 Å². The van der Waals surface area contributed by atoms with E-state index in [1.165, 1.54) is 49.4 Å². The molecule has 2 bridgehead atoms. The Balaban J connectivity index is 1.47. The summed E-state index contributed by atoms with van der Waals surface area (Å²) >= 11 is 1.42. The van der Waals surface area contributed by atoms with Gasteiger partial charge >= 0.3 is 0 Å². The Labute approximate surface area is 139 Å². The van der Waals surface area contributed by atoms with Crippen LogP contribution >= 0.6 is 11.3 Å². The number of nitrogens with one attached hydrogen (secondary N) is 1. The highest BCUT2D eigenvalue weighted by molar-refractivity contribution is 7.17. The second-order valence-corrected chi connectivity index (χ2v) is 7.48. The zero-order valence-corrected chi connectivity index (χ0v) is 13.6. The number of carbonyl (C=O) groups excluding carboxylic acids is 1. The van der Waals surface area contributed by atoms with E-state index in [0.717, 1.165) is 17.0 Å². The quantitative estimate of drug-likeness (QED) is 0.936. The van der Waals surface area contributed by atoms with Crippen molar-refractivity contribution >= 4 is 17.2 Å². The molecule has 0 radical (unpaired) electrons. The maximum absolute atomic E-state index is 13.3. The Hall–Kier alpha value is -1.72. The number of carbonyl (C=O) groups is 1. The summed E-state index contributed by atoms with van der Waals surface area (Å²) in [5.41, 5.74) is 0.817. The molecule has 3 aliphatic heterocycles. The average Bonchev–Trinajstić information content (AvgIpc) is 3.06. The van der Waals surface area contributed by atoms with Crippen LogP contribution in [0.1, 0.15) is 22.5 Å². The van der Waals surface area contributed by atoms with Gasteiger partial charge in [-0.15, -0.1) is 11.3 Å². The minimum atomic E-state index is -0.255. The van der Waals surface area contributed by atoms with Crippen molar-refractivity contribution < 1.29 is 9.18 Å². The third-order valence-corrected chi connectivity index (χ3v) is 6.04. The van der Waals surface area contributed by atoms with Crippen molar-refractivity contribution in [2.45, 2.75) is 18.9 Å². The van der Waals surface area contributed by atoms with E-state index in [2.05, 4.69) is 10.2 Å². The second kappa shape index (κ2) is 6.06. The number of piperidine rings is 3. The second-order valence-electron chi connectivity index (χ2n) is 6.39. The largest absolute Gasteiger partial charge is 0.347 e. The van der Waals surface area contributed by atoms with E-state index in [1.54, 1.807) is 6.07 Å². The van der Waals surface area contributed by atoms with Gasteiger partial charge in [-0.2, -0.15) is 0 Å². The first-order valence-corrected chi connectivity index (χ1v) is 8.90. The molecular weight excluding hydrogens is 311 g/mol. The van der Waals surface area contributed by atoms with E-state index < -0.39 is 0 Å². The lowest BCUT2D eigenvalue weighted by molar-refractivity contribution is 0.0622. The van der Waals surface area contributed by atoms with Crippen LogP contribution in [0.15, 0.2) is 36.4 Å². The summed E-state index contributed by atoms with van der Waals surface area (Å²) in [5.74, 6) is 0.359. The number of benzene rings is 1. The summed E-state index contributed by atoms with van der Waals surface area (Å²) in [6, 6.07) is 10.5. The Morgan fingerprint density at radius 3 is 2.74 bits per heavy atom. The third-order valence-electron chi connectivity index (χ3n) is 4.91. The number of nitrogens with zero attached hydrogens (tertiary/aromatic N) is 1. The normalized spacial score (nSPS) is 26.2. The topological polar surface area (TPSA) is 32.3 Å². The van der Waals surface area contributed by atoms with Crippen LogP contribution in [0.5, 0.6) is 0 Å². The first-order chi connectivity index (χ1) is 11.2. The van der Waals surface area contributed by atoms with Gasteiger partial charge < -0.3 is 10.2 Å². The molecule has 3 fully saturated rings. The van der Waals surface area contributed by atoms with Crippen molar-refractivity contribution in [2.24, 2.45) is 5.92 Å². The van der Waals surface area contributed by atoms with Gasteiger partial charge in [0.05, 0.1) is 4.88 Å². The summed E-state index contributed by atoms with van der Waals surface area (Å²) in [7, 11) is 0. The fourth-order valence-corrected chi connectivity index (χ4v) is 4.53. The van der Waals surface area contributed by atoms with Gasteiger partial charge in [0.15, 0.2) is 0 Å². The molecule has 0 spiro atoms. The van der Waals surface area contributed by atoms with E-state index >= 15 is 0 Å². The first-order valence-electron chi connectivity index (χ1n) is 8.08. The summed E-state index contributed by atoms with van der Waals surface area (Å²) in [6.45, 7) is 3.30. The molecule has 0 unspecified atom stereocenters. The lowest BCUT2D eigenvalue weighted by Gasteiger charge is -2.44. The van der Waals surface area contributed by atoms with Gasteiger partial charge in [-0.05, 0) is 61.7 Å². The summed E-state index contributed by atoms with van der Waals surface area (Å²) in [5, 5.41) is 3.20. The molecule has 1 N–H and O–H groups in total. The molecule has 0 saturated carbocycles. The molecule has 3 nitrogen and oxygen atoms in total. The molecule has 4 heterocycles. The number of rotatable bonds is 3. The van der Waals surface area contributed by atoms with Gasteiger partial charge in [0.1, 0.15) is 5.82 Å². The lowest BCUT2D eigenvalue weighted by Crippen LogP contribution is -2.57. The van der Waals surface area contributed by atoms with E-state index in [-0.39, 0.29) is 17.8 Å². The SMILES string of the molecule is O=C(N[C@H]1CN2CCC1CC2)c1ccc(-c2cccc(F)c2)s1. The number of halogens is 1. The molecule has 5 heteroatoms. The van der Waals surface area contributed by atoms with Crippen LogP contribution in [-0.2, 0) is 0 Å². The van der Waals surface area contributed by atoms with Crippen LogP contribution in [0, 0.1) is 11.7 Å². The zero-order valence-electron chi connectivity index (χ0n) is 12.8. The predicted octanol–water partition coefficient (Wildman–Crippen LogP) is 3.38. The number of hydrogen-bond donors (Lipinski definition) is 1. The summed E-state index contributed by atoms with van der Waals surface area (Å²) in [4.78, 5) is 16.6. The smallest absolute Gasteiger partial charge is 0.261 e. The fourth-order valence-electron chi connectivity index (χ4n) is 3.62. The molecule has 0 aliphatic carbocycles. The molecule has 120 valence electrons. The molecule has 1 aromatic heterocycles. The van der Waals surface area contributed by atoms with Crippen molar-refractivity contribution in [3.8, 4) is 10.4 Å². The number of amides is 1. The molecule has 3 aliphatic rings. The van der Waals surface area contributed by atoms with Crippen molar-refractivity contribution in [1.82, 2.24) is 10.2 Å². The highest BCUT2D eigenvalue weighted by Crippen LogP contribution is 2.30. The van der Waals surface area contributed by atoms with Crippen molar-refractivity contribution in [3.63, 3.8) is 0 Å². The number of fused-ring (bicyclic) bond motifs is 3. The molecule has 1 atom stereocenters. The molecule has 3 saturated heterocycles. The highest BCUT2D eigenvalue weighted by Gasteiger charge is 2.35. The maximum Gasteiger partial charge on any atom is 0.261 e. The van der Waals surface area contributed by atoms with Gasteiger partial charge in [-0.3, -0.25) is 4.79 Å². The molecule has 23 heavy (non-hydrogen) atoms. The van der Waals surface area contributed by atoms with Gasteiger partial charge in [-0.25, -0.2) is 4.39 Å². The zero-order chi connectivity index (χ0) is 15.8. The molecule has 5 rings (SSSR count). The summed E-state index contributed by atoms with van der Waals surface area (Å²) < 4.78 is 13.3. The number of thiophene rings is 1. The van der Waals surface area contributed by atoms with Gasteiger partial charge in [0, 0.05) is 17.5 Å². The Morgan fingerprint density at radius 2 is 2.04 bits per heavy atom. The van der Waals surface area contributed by atoms with Gasteiger partial charge in [0.2, 0.25) is 0 Å². The molecular formula is C18H19FN2OS. The minimum absolute atomic E-state index is 0.00333. The number of hydrogen-bond acceptors (Lipinski definition) is 3. The standard InChI is InChI=1S/C18H19FN2OS/c19-14-3-1-2-13(10-14)16-4-5-17(23-16)18(22)20-15-11-21-8-6-12(15)7-9-21/h1-5,10,12,15H,6-9,11H2,(H,20,22)/t15-/m0/s1. The van der Waals surface area contributed by atoms with Crippen molar-refractivity contribution in [1.29, 1.82) is 0 Å². The third kappa shape index (κ3) is 3.03. The molecule has 1 aromatic carbocycles. The average molecular weight is 330 g/mol. The maximum atomic E-state index is 13.3. The summed E-state index contributed by atoms with van der Waals surface area (Å²) in [6.07, 6.45) is 2.37. The van der Waals surface area contributed by atoms with Crippen LogP contribution in [0.3, 0.4) is 0 Å². The van der Waals surface area contributed by atoms with Crippen LogP contribution in [-0.4, -0.2) is 36.5 Å². The van der Waals surface area contributed by atoms with Crippen LogP contribution in [0.25, 0.3) is 10.4 Å². The molecule has 2 aromatic rings.